The number of hydrogen-bond acceptors (Lipinski definition) is 3. The number of fused-ring (bicyclic) bond motifs is 4. The lowest BCUT2D eigenvalue weighted by Gasteiger charge is -2.58. The molecule has 3 N–H and O–H groups in total. The molecule has 4 heteroatoms. The molecule has 0 aromatic rings. The van der Waals surface area contributed by atoms with Gasteiger partial charge >= 0.3 is 5.97 Å². The molecule has 0 unspecified atom stereocenters. The number of carbonyl (C=O) groups is 1. The third-order valence-electron chi connectivity index (χ3n) is 9.65. The van der Waals surface area contributed by atoms with Gasteiger partial charge in [0.15, 0.2) is 0 Å². The van der Waals surface area contributed by atoms with Crippen molar-refractivity contribution in [2.24, 2.45) is 34.5 Å². The summed E-state index contributed by atoms with van der Waals surface area (Å²) in [5, 5.41) is 30.7. The number of aliphatic hydroxyl groups excluding tert-OH is 2. The number of carboxylic acids is 1. The van der Waals surface area contributed by atoms with E-state index in [1.807, 2.05) is 0 Å². The Morgan fingerprint density at radius 1 is 1.14 bits per heavy atom. The fourth-order valence-corrected chi connectivity index (χ4v) is 7.92. The zero-order valence-electron chi connectivity index (χ0n) is 17.8. The summed E-state index contributed by atoms with van der Waals surface area (Å²) >= 11 is 0. The molecule has 0 aliphatic heterocycles. The van der Waals surface area contributed by atoms with E-state index in [0.29, 0.717) is 30.1 Å². The summed E-state index contributed by atoms with van der Waals surface area (Å²) in [6, 6.07) is 0. The first-order valence-corrected chi connectivity index (χ1v) is 11.5. The highest BCUT2D eigenvalue weighted by molar-refractivity contribution is 5.66. The predicted molar refractivity (Wildman–Crippen MR) is 109 cm³/mol. The smallest absolute Gasteiger partial charge is 0.303 e. The lowest BCUT2D eigenvalue weighted by Crippen LogP contribution is -2.52. The Balaban J connectivity index is 1.64. The largest absolute Gasteiger partial charge is 0.481 e. The summed E-state index contributed by atoms with van der Waals surface area (Å²) in [4.78, 5) is 11.0. The van der Waals surface area contributed by atoms with Gasteiger partial charge in [0.2, 0.25) is 0 Å². The highest BCUT2D eigenvalue weighted by Crippen LogP contribution is 2.65. The molecule has 0 spiro atoms. The average molecular weight is 391 g/mol. The summed E-state index contributed by atoms with van der Waals surface area (Å²) in [6.07, 6.45) is 8.65. The first-order chi connectivity index (χ1) is 13.2. The molecule has 28 heavy (non-hydrogen) atoms. The van der Waals surface area contributed by atoms with Gasteiger partial charge in [-0.15, -0.1) is 0 Å². The first-order valence-electron chi connectivity index (χ1n) is 11.5. The Morgan fingerprint density at radius 2 is 1.89 bits per heavy atom. The van der Waals surface area contributed by atoms with E-state index >= 15 is 0 Å². The van der Waals surface area contributed by atoms with Crippen LogP contribution in [0.4, 0.5) is 0 Å². The number of allylic oxidation sites excluding steroid dienone is 1. The van der Waals surface area contributed by atoms with Gasteiger partial charge in [0.05, 0.1) is 12.2 Å². The van der Waals surface area contributed by atoms with Gasteiger partial charge in [0, 0.05) is 11.8 Å². The molecule has 0 aromatic heterocycles. The molecule has 0 amide bonds. The van der Waals surface area contributed by atoms with E-state index < -0.39 is 5.97 Å². The SMILES string of the molecule is C[C@H](CCC(=O)O)[C@@H]1CCC2=C3CC[C@@H]4C[C@H](O)CC[C@]4(C)[C@@H]3C[C@H](O)[C@]21C. The summed E-state index contributed by atoms with van der Waals surface area (Å²) in [5.41, 5.74) is 3.20. The lowest BCUT2D eigenvalue weighted by atomic mass is 9.48. The van der Waals surface area contributed by atoms with Gasteiger partial charge in [0.1, 0.15) is 0 Å². The van der Waals surface area contributed by atoms with E-state index in [9.17, 15) is 15.0 Å². The second-order valence-electron chi connectivity index (χ2n) is 10.8. The molecule has 0 heterocycles. The first kappa shape index (κ1) is 20.4. The van der Waals surface area contributed by atoms with Gasteiger partial charge < -0.3 is 15.3 Å². The normalized spacial score (nSPS) is 46.5. The zero-order chi connectivity index (χ0) is 20.3. The Labute approximate surface area is 169 Å². The zero-order valence-corrected chi connectivity index (χ0v) is 17.8. The van der Waals surface area contributed by atoms with Gasteiger partial charge in [-0.2, -0.15) is 0 Å². The monoisotopic (exact) mass is 390 g/mol. The minimum atomic E-state index is -0.719. The van der Waals surface area contributed by atoms with Crippen molar-refractivity contribution in [2.45, 2.75) is 97.2 Å². The molecule has 158 valence electrons. The van der Waals surface area contributed by atoms with Gasteiger partial charge in [-0.1, -0.05) is 31.9 Å². The third-order valence-corrected chi connectivity index (χ3v) is 9.65. The number of hydrogen-bond donors (Lipinski definition) is 3. The molecule has 3 saturated carbocycles. The fraction of sp³-hybridized carbons (Fsp3) is 0.875. The second-order valence-corrected chi connectivity index (χ2v) is 10.8. The van der Waals surface area contributed by atoms with Gasteiger partial charge in [0.25, 0.3) is 0 Å². The van der Waals surface area contributed by atoms with E-state index in [0.717, 1.165) is 44.9 Å². The number of rotatable bonds is 4. The van der Waals surface area contributed by atoms with Crippen LogP contribution in [0.2, 0.25) is 0 Å². The molecular formula is C24H38O4. The predicted octanol–water partition coefficient (Wildman–Crippen LogP) is 4.54. The summed E-state index contributed by atoms with van der Waals surface area (Å²) in [5.74, 6) is 1.02. The van der Waals surface area contributed by atoms with Gasteiger partial charge in [-0.05, 0) is 86.9 Å². The maximum atomic E-state index is 11.4. The van der Waals surface area contributed by atoms with Crippen LogP contribution in [0.1, 0.15) is 85.0 Å². The molecule has 4 rings (SSSR count). The molecular weight excluding hydrogens is 352 g/mol. The van der Waals surface area contributed by atoms with Gasteiger partial charge in [-0.25, -0.2) is 0 Å². The molecule has 4 aliphatic carbocycles. The van der Waals surface area contributed by atoms with E-state index in [-0.39, 0.29) is 29.5 Å². The summed E-state index contributed by atoms with van der Waals surface area (Å²) < 4.78 is 0. The molecule has 0 saturated heterocycles. The molecule has 8 atom stereocenters. The Morgan fingerprint density at radius 3 is 2.61 bits per heavy atom. The van der Waals surface area contributed by atoms with E-state index in [1.165, 1.54) is 12.0 Å². The van der Waals surface area contributed by atoms with Crippen molar-refractivity contribution in [3.63, 3.8) is 0 Å². The summed E-state index contributed by atoms with van der Waals surface area (Å²) in [7, 11) is 0. The highest BCUT2D eigenvalue weighted by atomic mass is 16.4. The van der Waals surface area contributed by atoms with Crippen LogP contribution < -0.4 is 0 Å². The van der Waals surface area contributed by atoms with Crippen LogP contribution >= 0.6 is 0 Å². The van der Waals surface area contributed by atoms with Crippen molar-refractivity contribution < 1.29 is 20.1 Å². The van der Waals surface area contributed by atoms with Crippen LogP contribution in [-0.4, -0.2) is 33.5 Å². The maximum absolute atomic E-state index is 11.4. The minimum absolute atomic E-state index is 0.142. The molecule has 4 aliphatic rings. The van der Waals surface area contributed by atoms with E-state index in [1.54, 1.807) is 5.57 Å². The van der Waals surface area contributed by atoms with Crippen LogP contribution in [0.15, 0.2) is 11.1 Å². The van der Waals surface area contributed by atoms with Gasteiger partial charge in [-0.3, -0.25) is 4.79 Å². The Bertz CT molecular complexity index is 670. The van der Waals surface area contributed by atoms with Crippen molar-refractivity contribution in [2.75, 3.05) is 0 Å². The van der Waals surface area contributed by atoms with Crippen LogP contribution in [-0.2, 0) is 4.79 Å². The van der Waals surface area contributed by atoms with Crippen LogP contribution in [0.5, 0.6) is 0 Å². The number of aliphatic hydroxyl groups is 2. The topological polar surface area (TPSA) is 77.8 Å². The molecule has 0 radical (unpaired) electrons. The molecule has 0 bridgehead atoms. The van der Waals surface area contributed by atoms with Crippen molar-refractivity contribution in [1.29, 1.82) is 0 Å². The Kier molecular flexibility index (Phi) is 5.19. The van der Waals surface area contributed by atoms with Crippen molar-refractivity contribution in [3.8, 4) is 0 Å². The number of carboxylic acid groups (broad SMARTS) is 1. The van der Waals surface area contributed by atoms with Crippen LogP contribution in [0.3, 0.4) is 0 Å². The lowest BCUT2D eigenvalue weighted by molar-refractivity contribution is -0.137. The second kappa shape index (κ2) is 7.12. The van der Waals surface area contributed by atoms with Crippen molar-refractivity contribution >= 4 is 5.97 Å². The third kappa shape index (κ3) is 2.98. The highest BCUT2D eigenvalue weighted by Gasteiger charge is 2.58. The van der Waals surface area contributed by atoms with Crippen molar-refractivity contribution in [3.05, 3.63) is 11.1 Å². The van der Waals surface area contributed by atoms with E-state index in [2.05, 4.69) is 20.8 Å². The van der Waals surface area contributed by atoms with Crippen LogP contribution in [0, 0.1) is 34.5 Å². The standard InChI is InChI=1S/C24H38O4/c1-14(4-9-22(27)28)18-7-8-19-17-6-5-15-12-16(25)10-11-23(15,2)20(17)13-21(26)24(18,19)3/h14-16,18,20-21,25-26H,4-13H2,1-3H3,(H,27,28)/t14-,15-,16-,18+,20-,21+,23+,24+/m1/s1. The summed E-state index contributed by atoms with van der Waals surface area (Å²) in [6.45, 7) is 6.88. The minimum Gasteiger partial charge on any atom is -0.481 e. The maximum Gasteiger partial charge on any atom is 0.303 e. The molecule has 0 aromatic carbocycles. The number of aliphatic carboxylic acids is 1. The Hall–Kier alpha value is -0.870. The molecule has 3 fully saturated rings. The quantitative estimate of drug-likeness (QED) is 0.616. The molecule has 4 nitrogen and oxygen atoms in total. The van der Waals surface area contributed by atoms with E-state index in [4.69, 9.17) is 5.11 Å². The van der Waals surface area contributed by atoms with Crippen molar-refractivity contribution in [1.82, 2.24) is 0 Å². The average Bonchev–Trinajstić information content (AvgIpc) is 3.00. The fourth-order valence-electron chi connectivity index (χ4n) is 7.92. The van der Waals surface area contributed by atoms with Crippen LogP contribution in [0.25, 0.3) is 0 Å².